The van der Waals surface area contributed by atoms with Gasteiger partial charge in [0.05, 0.1) is 152 Å². The van der Waals surface area contributed by atoms with Crippen molar-refractivity contribution in [3.8, 4) is 0 Å². The summed E-state index contributed by atoms with van der Waals surface area (Å²) < 4.78 is 66.5. The SMILES string of the molecule is COC(=O)CCOCCOCCOCCOCCOCCOCCOCCOCCOCCOCCOC(c1ccccc1)(c1ccccc1)c1ccccc1. The Kier molecular flexibility index (Phi) is 27.5. The van der Waals surface area contributed by atoms with Crippen molar-refractivity contribution >= 4 is 5.97 Å². The molecule has 0 bridgehead atoms. The standard InChI is InChI=1S/C43H62O13/c1-45-42(44)17-18-46-19-20-47-21-22-48-23-24-49-25-26-50-27-28-51-29-30-52-31-32-53-33-34-54-35-36-55-37-38-56-43(39-11-5-2-6-12-39,40-13-7-3-8-14-40)41-15-9-4-10-16-41/h2-16H,17-38H2,1H3. The van der Waals surface area contributed by atoms with Crippen molar-refractivity contribution in [3.63, 3.8) is 0 Å². The van der Waals surface area contributed by atoms with E-state index in [4.69, 9.17) is 52.1 Å². The second kappa shape index (κ2) is 32.7. The maximum Gasteiger partial charge on any atom is 0.307 e. The molecule has 3 rings (SSSR count). The van der Waals surface area contributed by atoms with Gasteiger partial charge in [-0.3, -0.25) is 4.79 Å². The van der Waals surface area contributed by atoms with Crippen LogP contribution >= 0.6 is 0 Å². The summed E-state index contributed by atoms with van der Waals surface area (Å²) in [5, 5.41) is 0. The average Bonchev–Trinajstić information content (AvgIpc) is 3.24. The van der Waals surface area contributed by atoms with Crippen molar-refractivity contribution in [2.75, 3.05) is 146 Å². The first-order chi connectivity index (χ1) is 27.8. The van der Waals surface area contributed by atoms with Gasteiger partial charge in [0.1, 0.15) is 5.60 Å². The van der Waals surface area contributed by atoms with Crippen LogP contribution < -0.4 is 0 Å². The molecule has 3 aromatic rings. The Hall–Kier alpha value is -3.31. The molecule has 0 radical (unpaired) electrons. The summed E-state index contributed by atoms with van der Waals surface area (Å²) in [6.07, 6.45) is 0.242. The molecule has 0 aliphatic rings. The summed E-state index contributed by atoms with van der Waals surface area (Å²) in [5.74, 6) is -0.287. The molecule has 312 valence electrons. The number of methoxy groups -OCH3 is 1. The normalized spacial score (nSPS) is 11.6. The molecule has 0 aliphatic carbocycles. The zero-order valence-electron chi connectivity index (χ0n) is 33.0. The van der Waals surface area contributed by atoms with Crippen LogP contribution in [0.1, 0.15) is 23.1 Å². The minimum atomic E-state index is -0.756. The van der Waals surface area contributed by atoms with Gasteiger partial charge in [-0.2, -0.15) is 0 Å². The van der Waals surface area contributed by atoms with E-state index < -0.39 is 5.60 Å². The third-order valence-corrected chi connectivity index (χ3v) is 8.11. The summed E-state index contributed by atoms with van der Waals surface area (Å²) in [6.45, 7) is 9.78. The van der Waals surface area contributed by atoms with Gasteiger partial charge >= 0.3 is 5.97 Å². The lowest BCUT2D eigenvalue weighted by Crippen LogP contribution is -2.34. The minimum Gasteiger partial charge on any atom is -0.469 e. The molecule has 0 aromatic heterocycles. The predicted molar refractivity (Wildman–Crippen MR) is 210 cm³/mol. The monoisotopic (exact) mass is 786 g/mol. The lowest BCUT2D eigenvalue weighted by molar-refractivity contribution is -0.141. The summed E-state index contributed by atoms with van der Waals surface area (Å²) in [5.41, 5.74) is 2.43. The highest BCUT2D eigenvalue weighted by Gasteiger charge is 2.37. The quantitative estimate of drug-likeness (QED) is 0.0455. The third-order valence-electron chi connectivity index (χ3n) is 8.11. The zero-order valence-corrected chi connectivity index (χ0v) is 33.0. The minimum absolute atomic E-state index is 0.242. The molecule has 0 saturated carbocycles. The van der Waals surface area contributed by atoms with Gasteiger partial charge in [-0.15, -0.1) is 0 Å². The first kappa shape index (κ1) is 47.1. The number of carbonyl (C=O) groups is 1. The molecular weight excluding hydrogens is 724 g/mol. The first-order valence-corrected chi connectivity index (χ1v) is 19.4. The van der Waals surface area contributed by atoms with Crippen LogP contribution in [0.3, 0.4) is 0 Å². The molecule has 56 heavy (non-hydrogen) atoms. The average molecular weight is 787 g/mol. The molecule has 0 unspecified atom stereocenters. The van der Waals surface area contributed by atoms with E-state index in [0.717, 1.165) is 16.7 Å². The zero-order chi connectivity index (χ0) is 39.5. The number of hydrogen-bond acceptors (Lipinski definition) is 13. The van der Waals surface area contributed by atoms with E-state index in [1.54, 1.807) is 0 Å². The van der Waals surface area contributed by atoms with Crippen molar-refractivity contribution in [2.45, 2.75) is 12.0 Å². The Morgan fingerprint density at radius 3 is 0.839 bits per heavy atom. The number of rotatable bonds is 37. The van der Waals surface area contributed by atoms with E-state index in [2.05, 4.69) is 41.1 Å². The third kappa shape index (κ3) is 20.7. The van der Waals surface area contributed by atoms with E-state index >= 15 is 0 Å². The molecule has 0 saturated heterocycles. The molecule has 0 aliphatic heterocycles. The highest BCUT2D eigenvalue weighted by Crippen LogP contribution is 2.40. The first-order valence-electron chi connectivity index (χ1n) is 19.4. The number of benzene rings is 3. The van der Waals surface area contributed by atoms with Crippen LogP contribution in [0, 0.1) is 0 Å². The van der Waals surface area contributed by atoms with Gasteiger partial charge in [0, 0.05) is 0 Å². The Morgan fingerprint density at radius 2 is 0.589 bits per heavy atom. The van der Waals surface area contributed by atoms with Gasteiger partial charge in [0.2, 0.25) is 0 Å². The lowest BCUT2D eigenvalue weighted by atomic mass is 9.80. The van der Waals surface area contributed by atoms with Crippen molar-refractivity contribution in [3.05, 3.63) is 108 Å². The summed E-state index contributed by atoms with van der Waals surface area (Å²) in [6, 6.07) is 30.9. The van der Waals surface area contributed by atoms with Crippen LogP contribution in [0.2, 0.25) is 0 Å². The summed E-state index contributed by atoms with van der Waals surface area (Å²) in [7, 11) is 1.35. The molecule has 3 aromatic carbocycles. The molecule has 0 fully saturated rings. The van der Waals surface area contributed by atoms with Crippen LogP contribution in [0.4, 0.5) is 0 Å². The van der Waals surface area contributed by atoms with Gasteiger partial charge in [-0.25, -0.2) is 0 Å². The van der Waals surface area contributed by atoms with E-state index in [1.165, 1.54) is 7.11 Å². The van der Waals surface area contributed by atoms with Crippen LogP contribution in [0.25, 0.3) is 0 Å². The lowest BCUT2D eigenvalue weighted by Gasteiger charge is -2.36. The van der Waals surface area contributed by atoms with Gasteiger partial charge < -0.3 is 56.8 Å². The van der Waals surface area contributed by atoms with Crippen molar-refractivity contribution in [1.82, 2.24) is 0 Å². The molecule has 13 heteroatoms. The maximum atomic E-state index is 11.0. The van der Waals surface area contributed by atoms with Gasteiger partial charge in [0.15, 0.2) is 0 Å². The Balaban J connectivity index is 1.05. The summed E-state index contributed by atoms with van der Waals surface area (Å²) >= 11 is 0. The largest absolute Gasteiger partial charge is 0.469 e. The Bertz CT molecular complexity index is 1220. The van der Waals surface area contributed by atoms with Crippen molar-refractivity contribution in [2.24, 2.45) is 0 Å². The van der Waals surface area contributed by atoms with Gasteiger partial charge in [-0.05, 0) is 16.7 Å². The molecular formula is C43H62O13. The molecule has 0 heterocycles. The molecule has 0 N–H and O–H groups in total. The van der Waals surface area contributed by atoms with Crippen molar-refractivity contribution < 1.29 is 61.6 Å². The second-order valence-electron chi connectivity index (χ2n) is 12.1. The van der Waals surface area contributed by atoms with Crippen LogP contribution in [0.15, 0.2) is 91.0 Å². The second-order valence-corrected chi connectivity index (χ2v) is 12.1. The highest BCUT2D eigenvalue weighted by molar-refractivity contribution is 5.69. The number of hydrogen-bond donors (Lipinski definition) is 0. The fraction of sp³-hybridized carbons (Fsp3) is 0.558. The Labute approximate surface area is 332 Å². The topological polar surface area (TPSA) is 128 Å². The fourth-order valence-corrected chi connectivity index (χ4v) is 5.36. The van der Waals surface area contributed by atoms with E-state index in [9.17, 15) is 4.79 Å². The van der Waals surface area contributed by atoms with E-state index in [1.807, 2.05) is 54.6 Å². The molecule has 0 atom stereocenters. The van der Waals surface area contributed by atoms with E-state index in [-0.39, 0.29) is 12.4 Å². The van der Waals surface area contributed by atoms with Crippen molar-refractivity contribution in [1.29, 1.82) is 0 Å². The van der Waals surface area contributed by atoms with E-state index in [0.29, 0.717) is 139 Å². The summed E-state index contributed by atoms with van der Waals surface area (Å²) in [4.78, 5) is 11.0. The number of carbonyl (C=O) groups excluding carboxylic acids is 1. The predicted octanol–water partition coefficient (Wildman–Crippen LogP) is 4.72. The van der Waals surface area contributed by atoms with Crippen LogP contribution in [0.5, 0.6) is 0 Å². The molecule has 13 nitrogen and oxygen atoms in total. The highest BCUT2D eigenvalue weighted by atomic mass is 16.6. The number of ether oxygens (including phenoxy) is 12. The molecule has 0 spiro atoms. The maximum absolute atomic E-state index is 11.0. The fourth-order valence-electron chi connectivity index (χ4n) is 5.36. The van der Waals surface area contributed by atoms with Crippen LogP contribution in [-0.2, 0) is 67.2 Å². The smallest absolute Gasteiger partial charge is 0.307 e. The van der Waals surface area contributed by atoms with Crippen LogP contribution in [-0.4, -0.2) is 152 Å². The molecule has 0 amide bonds. The van der Waals surface area contributed by atoms with Gasteiger partial charge in [0.25, 0.3) is 0 Å². The van der Waals surface area contributed by atoms with Gasteiger partial charge in [-0.1, -0.05) is 91.0 Å². The number of esters is 1. The Morgan fingerprint density at radius 1 is 0.357 bits per heavy atom.